The van der Waals surface area contributed by atoms with E-state index in [4.69, 9.17) is 10.2 Å². The van der Waals surface area contributed by atoms with Crippen LogP contribution in [0.2, 0.25) is 0 Å². The van der Waals surface area contributed by atoms with Crippen molar-refractivity contribution in [3.05, 3.63) is 22.8 Å². The fourth-order valence-electron chi connectivity index (χ4n) is 1.18. The van der Waals surface area contributed by atoms with Crippen molar-refractivity contribution >= 4 is 21.7 Å². The summed E-state index contributed by atoms with van der Waals surface area (Å²) >= 11 is 3.37. The molecule has 0 aliphatic rings. The predicted molar refractivity (Wildman–Crippen MR) is 58.3 cm³/mol. The Labute approximate surface area is 91.3 Å². The summed E-state index contributed by atoms with van der Waals surface area (Å²) in [6.45, 7) is 1.03. The van der Waals surface area contributed by atoms with E-state index in [1.807, 2.05) is 17.0 Å². The molecule has 14 heavy (non-hydrogen) atoms. The topological polar surface area (TPSA) is 56.6 Å². The summed E-state index contributed by atoms with van der Waals surface area (Å²) in [5, 5.41) is 17.7. The normalized spacial score (nSPS) is 10.2. The standard InChI is InChI=1S/C9H13BrN2O2/c10-8-2-1-3-11-9(8)12(4-6-13)5-7-14/h1-3,13-14H,4-7H2. The van der Waals surface area contributed by atoms with E-state index in [2.05, 4.69) is 20.9 Å². The maximum Gasteiger partial charge on any atom is 0.143 e. The zero-order valence-electron chi connectivity index (χ0n) is 7.73. The molecule has 0 aliphatic carbocycles. The molecule has 1 aromatic rings. The maximum absolute atomic E-state index is 8.85. The number of pyridine rings is 1. The first kappa shape index (κ1) is 11.4. The van der Waals surface area contributed by atoms with Gasteiger partial charge in [0.1, 0.15) is 5.82 Å². The van der Waals surface area contributed by atoms with Gasteiger partial charge in [-0.2, -0.15) is 0 Å². The van der Waals surface area contributed by atoms with Crippen LogP contribution in [0.5, 0.6) is 0 Å². The van der Waals surface area contributed by atoms with E-state index >= 15 is 0 Å². The fraction of sp³-hybridized carbons (Fsp3) is 0.444. The van der Waals surface area contributed by atoms with Gasteiger partial charge in [-0.3, -0.25) is 0 Å². The van der Waals surface area contributed by atoms with Gasteiger partial charge < -0.3 is 15.1 Å². The van der Waals surface area contributed by atoms with Gasteiger partial charge in [-0.25, -0.2) is 4.98 Å². The summed E-state index contributed by atoms with van der Waals surface area (Å²) in [6.07, 6.45) is 1.68. The van der Waals surface area contributed by atoms with E-state index < -0.39 is 0 Å². The van der Waals surface area contributed by atoms with Crippen LogP contribution in [-0.4, -0.2) is 41.5 Å². The smallest absolute Gasteiger partial charge is 0.143 e. The third-order valence-electron chi connectivity index (χ3n) is 1.78. The minimum absolute atomic E-state index is 0.0447. The molecule has 0 atom stereocenters. The van der Waals surface area contributed by atoms with Crippen molar-refractivity contribution in [3.8, 4) is 0 Å². The second-order valence-electron chi connectivity index (χ2n) is 2.74. The molecule has 4 nitrogen and oxygen atoms in total. The SMILES string of the molecule is OCCN(CCO)c1ncccc1Br. The predicted octanol–water partition coefficient (Wildman–Crippen LogP) is 0.635. The molecule has 1 heterocycles. The van der Waals surface area contributed by atoms with Crippen LogP contribution in [-0.2, 0) is 0 Å². The van der Waals surface area contributed by atoms with Crippen LogP contribution in [0.1, 0.15) is 0 Å². The van der Waals surface area contributed by atoms with Gasteiger partial charge in [-0.1, -0.05) is 0 Å². The van der Waals surface area contributed by atoms with Gasteiger partial charge in [-0.05, 0) is 28.1 Å². The van der Waals surface area contributed by atoms with Crippen molar-refractivity contribution in [1.29, 1.82) is 0 Å². The largest absolute Gasteiger partial charge is 0.395 e. The first-order valence-electron chi connectivity index (χ1n) is 4.36. The minimum atomic E-state index is 0.0447. The number of rotatable bonds is 5. The summed E-state index contributed by atoms with van der Waals surface area (Å²) in [7, 11) is 0. The van der Waals surface area contributed by atoms with E-state index in [1.54, 1.807) is 6.20 Å². The summed E-state index contributed by atoms with van der Waals surface area (Å²) in [5.74, 6) is 0.746. The Morgan fingerprint density at radius 3 is 2.43 bits per heavy atom. The lowest BCUT2D eigenvalue weighted by Crippen LogP contribution is -2.30. The number of nitrogens with zero attached hydrogens (tertiary/aromatic N) is 2. The van der Waals surface area contributed by atoms with E-state index in [0.717, 1.165) is 10.3 Å². The number of halogens is 1. The molecule has 0 aliphatic heterocycles. The lowest BCUT2D eigenvalue weighted by atomic mass is 10.4. The highest BCUT2D eigenvalue weighted by Crippen LogP contribution is 2.22. The Balaban J connectivity index is 2.81. The summed E-state index contributed by atoms with van der Waals surface area (Å²) in [4.78, 5) is 6.00. The average Bonchev–Trinajstić information content (AvgIpc) is 2.18. The van der Waals surface area contributed by atoms with E-state index in [-0.39, 0.29) is 13.2 Å². The third kappa shape index (κ3) is 2.94. The Morgan fingerprint density at radius 2 is 1.93 bits per heavy atom. The molecule has 0 amide bonds. The van der Waals surface area contributed by atoms with Crippen molar-refractivity contribution in [2.75, 3.05) is 31.2 Å². The van der Waals surface area contributed by atoms with Gasteiger partial charge in [0, 0.05) is 19.3 Å². The highest BCUT2D eigenvalue weighted by atomic mass is 79.9. The van der Waals surface area contributed by atoms with E-state index in [1.165, 1.54) is 0 Å². The van der Waals surface area contributed by atoms with Crippen molar-refractivity contribution in [1.82, 2.24) is 4.98 Å². The third-order valence-corrected chi connectivity index (χ3v) is 2.40. The van der Waals surface area contributed by atoms with Crippen molar-refractivity contribution in [2.24, 2.45) is 0 Å². The quantitative estimate of drug-likeness (QED) is 0.816. The molecule has 78 valence electrons. The first-order chi connectivity index (χ1) is 6.79. The summed E-state index contributed by atoms with van der Waals surface area (Å²) in [5.41, 5.74) is 0. The zero-order chi connectivity index (χ0) is 10.4. The number of hydrogen-bond acceptors (Lipinski definition) is 4. The summed E-state index contributed by atoms with van der Waals surface area (Å²) < 4.78 is 0.863. The Kier molecular flexibility index (Phi) is 4.86. The van der Waals surface area contributed by atoms with Gasteiger partial charge >= 0.3 is 0 Å². The Morgan fingerprint density at radius 1 is 1.29 bits per heavy atom. The number of aromatic nitrogens is 1. The molecule has 0 saturated carbocycles. The molecule has 2 N–H and O–H groups in total. The monoisotopic (exact) mass is 260 g/mol. The molecule has 0 saturated heterocycles. The second-order valence-corrected chi connectivity index (χ2v) is 3.60. The maximum atomic E-state index is 8.85. The molecule has 0 radical (unpaired) electrons. The van der Waals surface area contributed by atoms with Gasteiger partial charge in [-0.15, -0.1) is 0 Å². The lowest BCUT2D eigenvalue weighted by Gasteiger charge is -2.22. The summed E-state index contributed by atoms with van der Waals surface area (Å²) in [6, 6.07) is 3.70. The molecular formula is C9H13BrN2O2. The highest BCUT2D eigenvalue weighted by Gasteiger charge is 2.09. The van der Waals surface area contributed by atoms with Crippen molar-refractivity contribution < 1.29 is 10.2 Å². The lowest BCUT2D eigenvalue weighted by molar-refractivity contribution is 0.280. The fourth-order valence-corrected chi connectivity index (χ4v) is 1.68. The van der Waals surface area contributed by atoms with Crippen LogP contribution in [0.4, 0.5) is 5.82 Å². The zero-order valence-corrected chi connectivity index (χ0v) is 9.31. The van der Waals surface area contributed by atoms with Gasteiger partial charge in [0.15, 0.2) is 0 Å². The van der Waals surface area contributed by atoms with Crippen LogP contribution in [0.3, 0.4) is 0 Å². The van der Waals surface area contributed by atoms with Gasteiger partial charge in [0.05, 0.1) is 17.7 Å². The number of aliphatic hydroxyl groups excluding tert-OH is 2. The van der Waals surface area contributed by atoms with Crippen LogP contribution in [0.25, 0.3) is 0 Å². The van der Waals surface area contributed by atoms with Crippen LogP contribution in [0.15, 0.2) is 22.8 Å². The van der Waals surface area contributed by atoms with Crippen molar-refractivity contribution in [3.63, 3.8) is 0 Å². The van der Waals surface area contributed by atoms with E-state index in [0.29, 0.717) is 13.1 Å². The molecular weight excluding hydrogens is 248 g/mol. The number of hydrogen-bond donors (Lipinski definition) is 2. The van der Waals surface area contributed by atoms with Crippen LogP contribution in [0, 0.1) is 0 Å². The van der Waals surface area contributed by atoms with E-state index in [9.17, 15) is 0 Å². The second kappa shape index (κ2) is 5.95. The number of aliphatic hydroxyl groups is 2. The molecule has 0 unspecified atom stereocenters. The average molecular weight is 261 g/mol. The number of anilines is 1. The van der Waals surface area contributed by atoms with Crippen LogP contribution < -0.4 is 4.90 Å². The van der Waals surface area contributed by atoms with Crippen molar-refractivity contribution in [2.45, 2.75) is 0 Å². The molecule has 5 heteroatoms. The molecule has 1 aromatic heterocycles. The van der Waals surface area contributed by atoms with Gasteiger partial charge in [0.2, 0.25) is 0 Å². The van der Waals surface area contributed by atoms with Gasteiger partial charge in [0.25, 0.3) is 0 Å². The van der Waals surface area contributed by atoms with Crippen LogP contribution >= 0.6 is 15.9 Å². The molecule has 0 fully saturated rings. The minimum Gasteiger partial charge on any atom is -0.395 e. The molecule has 0 bridgehead atoms. The Hall–Kier alpha value is -0.650. The molecule has 0 aromatic carbocycles. The Bertz CT molecular complexity index is 277. The molecule has 1 rings (SSSR count). The highest BCUT2D eigenvalue weighted by molar-refractivity contribution is 9.10. The first-order valence-corrected chi connectivity index (χ1v) is 5.16. The molecule has 0 spiro atoms.